The molecule has 2 rings (SSSR count). The molecule has 0 amide bonds. The predicted octanol–water partition coefficient (Wildman–Crippen LogP) is 3.76. The average Bonchev–Trinajstić information content (AvgIpc) is 2.25. The van der Waals surface area contributed by atoms with Gasteiger partial charge >= 0.3 is 0 Å². The van der Waals surface area contributed by atoms with Crippen LogP contribution in [-0.2, 0) is 0 Å². The summed E-state index contributed by atoms with van der Waals surface area (Å²) in [6.45, 7) is 8.40. The van der Waals surface area contributed by atoms with Crippen LogP contribution in [0.1, 0.15) is 23.6 Å². The summed E-state index contributed by atoms with van der Waals surface area (Å²) in [4.78, 5) is 0. The van der Waals surface area contributed by atoms with Gasteiger partial charge in [-0.05, 0) is 49.6 Å². The van der Waals surface area contributed by atoms with Crippen LogP contribution in [-0.4, -0.2) is 11.7 Å². The molecule has 16 heavy (non-hydrogen) atoms. The highest BCUT2D eigenvalue weighted by molar-refractivity contribution is 5.88. The Morgan fingerprint density at radius 3 is 1.94 bits per heavy atom. The highest BCUT2D eigenvalue weighted by atomic mass is 16.2. The Balaban J connectivity index is 0.000000386. The quantitative estimate of drug-likeness (QED) is 0.711. The molecule has 1 N–H and O–H groups in total. The van der Waals surface area contributed by atoms with Gasteiger partial charge in [0.1, 0.15) is 0 Å². The maximum absolute atomic E-state index is 7.57. The second kappa shape index (κ2) is 5.66. The van der Waals surface area contributed by atoms with Gasteiger partial charge in [0.25, 0.3) is 0 Å². The van der Waals surface area contributed by atoms with Crippen molar-refractivity contribution in [3.63, 3.8) is 0 Å². The van der Waals surface area contributed by atoms with E-state index >= 15 is 0 Å². The Morgan fingerprint density at radius 1 is 0.875 bits per heavy atom. The molecule has 0 radical (unpaired) electrons. The van der Waals surface area contributed by atoms with Crippen LogP contribution in [0.25, 0.3) is 10.8 Å². The summed E-state index contributed by atoms with van der Waals surface area (Å²) in [6.07, 6.45) is 0. The molecule has 86 valence electrons. The Labute approximate surface area is 97.7 Å². The van der Waals surface area contributed by atoms with E-state index in [4.69, 9.17) is 5.11 Å². The fraction of sp³-hybridized carbons (Fsp3) is 0.333. The first-order valence-corrected chi connectivity index (χ1v) is 5.67. The smallest absolute Gasteiger partial charge is 0.0402 e. The predicted molar refractivity (Wildman–Crippen MR) is 70.9 cm³/mol. The molecule has 0 heterocycles. The van der Waals surface area contributed by atoms with E-state index in [-0.39, 0.29) is 6.61 Å². The Bertz CT molecular complexity index is 472. The van der Waals surface area contributed by atoms with E-state index in [1.807, 2.05) is 0 Å². The third-order valence-electron chi connectivity index (χ3n) is 2.61. The van der Waals surface area contributed by atoms with E-state index in [1.165, 1.54) is 27.5 Å². The van der Waals surface area contributed by atoms with Crippen LogP contribution in [0.15, 0.2) is 30.3 Å². The molecule has 0 saturated heterocycles. The van der Waals surface area contributed by atoms with Gasteiger partial charge in [-0.25, -0.2) is 0 Å². The fourth-order valence-electron chi connectivity index (χ4n) is 1.76. The van der Waals surface area contributed by atoms with Crippen molar-refractivity contribution in [1.82, 2.24) is 0 Å². The van der Waals surface area contributed by atoms with Gasteiger partial charge in [-0.2, -0.15) is 0 Å². The molecule has 0 saturated carbocycles. The van der Waals surface area contributed by atoms with Crippen LogP contribution in [0.5, 0.6) is 0 Å². The summed E-state index contributed by atoms with van der Waals surface area (Å²) in [7, 11) is 0. The molecule has 0 aliphatic heterocycles. The van der Waals surface area contributed by atoms with Crippen molar-refractivity contribution in [2.45, 2.75) is 27.7 Å². The lowest BCUT2D eigenvalue weighted by molar-refractivity contribution is 0.318. The molecule has 1 heteroatoms. The van der Waals surface area contributed by atoms with E-state index in [0.29, 0.717) is 0 Å². The normalized spacial score (nSPS) is 9.81. The average molecular weight is 216 g/mol. The second-order valence-corrected chi connectivity index (χ2v) is 4.06. The number of fused-ring (bicyclic) bond motifs is 1. The number of aliphatic hydroxyl groups is 1. The molecule has 1 nitrogen and oxygen atoms in total. The summed E-state index contributed by atoms with van der Waals surface area (Å²) in [6, 6.07) is 11.0. The Hall–Kier alpha value is -1.34. The van der Waals surface area contributed by atoms with Crippen LogP contribution < -0.4 is 0 Å². The molecule has 0 aromatic heterocycles. The van der Waals surface area contributed by atoms with E-state index in [0.717, 1.165) is 0 Å². The zero-order chi connectivity index (χ0) is 12.1. The fourth-order valence-corrected chi connectivity index (χ4v) is 1.76. The van der Waals surface area contributed by atoms with Gasteiger partial charge in [0, 0.05) is 6.61 Å². The first-order valence-electron chi connectivity index (χ1n) is 5.67. The van der Waals surface area contributed by atoms with Gasteiger partial charge < -0.3 is 5.11 Å². The van der Waals surface area contributed by atoms with Crippen molar-refractivity contribution in [3.05, 3.63) is 47.0 Å². The van der Waals surface area contributed by atoms with Gasteiger partial charge in [-0.1, -0.05) is 35.9 Å². The van der Waals surface area contributed by atoms with E-state index in [1.54, 1.807) is 6.92 Å². The summed E-state index contributed by atoms with van der Waals surface area (Å²) >= 11 is 0. The standard InChI is InChI=1S/C13H14.C2H6O/c1-9-4-7-12-10(2)5-6-11(3)13(12)8-9;1-2-3/h4-8H,1-3H3;3H,2H2,1H3. The number of hydrogen-bond donors (Lipinski definition) is 1. The van der Waals surface area contributed by atoms with Crippen LogP contribution in [0.3, 0.4) is 0 Å². The van der Waals surface area contributed by atoms with Crippen LogP contribution in [0.4, 0.5) is 0 Å². The van der Waals surface area contributed by atoms with Gasteiger partial charge in [-0.15, -0.1) is 0 Å². The van der Waals surface area contributed by atoms with Crippen LogP contribution in [0.2, 0.25) is 0 Å². The SMILES string of the molecule is CCO.Cc1ccc2c(C)ccc(C)c2c1. The summed E-state index contributed by atoms with van der Waals surface area (Å²) in [5, 5.41) is 10.3. The zero-order valence-corrected chi connectivity index (χ0v) is 10.5. The molecule has 2 aromatic rings. The zero-order valence-electron chi connectivity index (χ0n) is 10.5. The Morgan fingerprint density at radius 2 is 1.38 bits per heavy atom. The second-order valence-electron chi connectivity index (χ2n) is 4.06. The maximum Gasteiger partial charge on any atom is 0.0402 e. The van der Waals surface area contributed by atoms with Gasteiger partial charge in [-0.3, -0.25) is 0 Å². The lowest BCUT2D eigenvalue weighted by Gasteiger charge is -2.05. The van der Waals surface area contributed by atoms with Crippen molar-refractivity contribution in [3.8, 4) is 0 Å². The van der Waals surface area contributed by atoms with E-state index in [9.17, 15) is 0 Å². The molecular weight excluding hydrogens is 196 g/mol. The van der Waals surface area contributed by atoms with Crippen molar-refractivity contribution in [1.29, 1.82) is 0 Å². The molecule has 0 aliphatic carbocycles. The first kappa shape index (κ1) is 12.7. The third-order valence-corrected chi connectivity index (χ3v) is 2.61. The van der Waals surface area contributed by atoms with Crippen molar-refractivity contribution >= 4 is 10.8 Å². The minimum absolute atomic E-state index is 0.250. The number of rotatable bonds is 0. The van der Waals surface area contributed by atoms with Gasteiger partial charge in [0.2, 0.25) is 0 Å². The lowest BCUT2D eigenvalue weighted by atomic mass is 9.99. The maximum atomic E-state index is 7.57. The van der Waals surface area contributed by atoms with E-state index < -0.39 is 0 Å². The van der Waals surface area contributed by atoms with Crippen molar-refractivity contribution < 1.29 is 5.11 Å². The van der Waals surface area contributed by atoms with Gasteiger partial charge in [0.05, 0.1) is 0 Å². The summed E-state index contributed by atoms with van der Waals surface area (Å²) < 4.78 is 0. The lowest BCUT2D eigenvalue weighted by Crippen LogP contribution is -1.83. The molecular formula is C15H20O. The molecule has 0 fully saturated rings. The van der Waals surface area contributed by atoms with Crippen LogP contribution >= 0.6 is 0 Å². The summed E-state index contributed by atoms with van der Waals surface area (Å²) in [5.74, 6) is 0. The molecule has 0 aliphatic rings. The molecule has 0 atom stereocenters. The van der Waals surface area contributed by atoms with E-state index in [2.05, 4.69) is 51.1 Å². The van der Waals surface area contributed by atoms with Crippen molar-refractivity contribution in [2.24, 2.45) is 0 Å². The number of aryl methyl sites for hydroxylation is 3. The number of benzene rings is 2. The molecule has 2 aromatic carbocycles. The van der Waals surface area contributed by atoms with Gasteiger partial charge in [0.15, 0.2) is 0 Å². The number of aliphatic hydroxyl groups excluding tert-OH is 1. The van der Waals surface area contributed by atoms with Crippen molar-refractivity contribution in [2.75, 3.05) is 6.61 Å². The highest BCUT2D eigenvalue weighted by Gasteiger charge is 1.99. The summed E-state index contributed by atoms with van der Waals surface area (Å²) in [5.41, 5.74) is 4.06. The number of hydrogen-bond acceptors (Lipinski definition) is 1. The first-order chi connectivity index (χ1) is 7.60. The monoisotopic (exact) mass is 216 g/mol. The molecule has 0 unspecified atom stereocenters. The highest BCUT2D eigenvalue weighted by Crippen LogP contribution is 2.22. The molecule has 0 bridgehead atoms. The van der Waals surface area contributed by atoms with Crippen LogP contribution in [0, 0.1) is 20.8 Å². The third kappa shape index (κ3) is 2.83. The minimum atomic E-state index is 0.250. The minimum Gasteiger partial charge on any atom is -0.397 e. The topological polar surface area (TPSA) is 20.2 Å². The largest absolute Gasteiger partial charge is 0.397 e. The molecule has 0 spiro atoms. The Kier molecular flexibility index (Phi) is 4.51.